The van der Waals surface area contributed by atoms with E-state index >= 15 is 0 Å². The molecule has 0 spiro atoms. The number of amides is 2. The molecule has 2 heterocycles. The Morgan fingerprint density at radius 3 is 2.20 bits per heavy atom. The number of carbonyl (C=O) groups excluding carboxylic acids is 2. The number of nitrogens with zero attached hydrogens (tertiary/aromatic N) is 1. The van der Waals surface area contributed by atoms with Gasteiger partial charge in [0.25, 0.3) is 0 Å². The van der Waals surface area contributed by atoms with Crippen molar-refractivity contribution in [2.75, 3.05) is 26.2 Å². The Hall–Kier alpha value is -4.00. The van der Waals surface area contributed by atoms with Crippen LogP contribution in [0.2, 0.25) is 0 Å². The van der Waals surface area contributed by atoms with Gasteiger partial charge in [-0.2, -0.15) is 0 Å². The first-order valence-electron chi connectivity index (χ1n) is 14.8. The highest BCUT2D eigenvalue weighted by Crippen LogP contribution is 2.23. The molecule has 0 radical (unpaired) electrons. The zero-order valence-corrected chi connectivity index (χ0v) is 23.4. The van der Waals surface area contributed by atoms with Crippen LogP contribution in [0.1, 0.15) is 24.0 Å². The number of hydrogen-bond acceptors (Lipinski definition) is 4. The van der Waals surface area contributed by atoms with Crippen LogP contribution in [0.5, 0.6) is 0 Å². The second-order valence-electron chi connectivity index (χ2n) is 11.3. The second-order valence-corrected chi connectivity index (χ2v) is 11.3. The number of piperidine rings is 1. The van der Waals surface area contributed by atoms with Gasteiger partial charge < -0.3 is 20.9 Å². The number of rotatable bonds is 9. The molecular weight excluding hydrogens is 508 g/mol. The zero-order valence-electron chi connectivity index (χ0n) is 23.4. The third-order valence-corrected chi connectivity index (χ3v) is 8.47. The van der Waals surface area contributed by atoms with E-state index in [4.69, 9.17) is 0 Å². The van der Waals surface area contributed by atoms with Crippen molar-refractivity contribution in [3.8, 4) is 11.1 Å². The maximum Gasteiger partial charge on any atom is 0.246 e. The maximum absolute atomic E-state index is 14.0. The average Bonchev–Trinajstić information content (AvgIpc) is 3.02. The molecule has 210 valence electrons. The smallest absolute Gasteiger partial charge is 0.246 e. The largest absolute Gasteiger partial charge is 0.342 e. The summed E-state index contributed by atoms with van der Waals surface area (Å²) < 4.78 is 0. The molecule has 4 aromatic rings. The number of piperazine rings is 1. The summed E-state index contributed by atoms with van der Waals surface area (Å²) in [4.78, 5) is 29.3. The minimum atomic E-state index is -0.590. The lowest BCUT2D eigenvalue weighted by Crippen LogP contribution is -2.65. The summed E-state index contributed by atoms with van der Waals surface area (Å²) in [5.41, 5.74) is 4.34. The van der Waals surface area contributed by atoms with E-state index < -0.39 is 12.1 Å². The van der Waals surface area contributed by atoms with E-state index in [1.807, 2.05) is 30.3 Å². The SMILES string of the molecule is O=C1N[C@@H](Cc2ccc3ccccc3c2)C(=O)N(Cc2ccc(-c3ccccc3)cc2)[C@H]1CNCC1CCNCC1. The Balaban J connectivity index is 1.20. The Bertz CT molecular complexity index is 1480. The van der Waals surface area contributed by atoms with Crippen molar-refractivity contribution in [3.63, 3.8) is 0 Å². The minimum absolute atomic E-state index is 0.0291. The molecule has 3 N–H and O–H groups in total. The molecule has 41 heavy (non-hydrogen) atoms. The molecule has 2 saturated heterocycles. The molecule has 6 heteroatoms. The van der Waals surface area contributed by atoms with E-state index in [0.717, 1.165) is 65.5 Å². The Morgan fingerprint density at radius 1 is 0.732 bits per heavy atom. The highest BCUT2D eigenvalue weighted by atomic mass is 16.2. The number of fused-ring (bicyclic) bond motifs is 1. The van der Waals surface area contributed by atoms with Gasteiger partial charge in [-0.25, -0.2) is 0 Å². The molecule has 2 fully saturated rings. The number of benzene rings is 4. The van der Waals surface area contributed by atoms with Gasteiger partial charge in [0.2, 0.25) is 11.8 Å². The summed E-state index contributed by atoms with van der Waals surface area (Å²) in [7, 11) is 0. The monoisotopic (exact) mass is 546 g/mol. The Morgan fingerprint density at radius 2 is 1.41 bits per heavy atom. The van der Waals surface area contributed by atoms with E-state index in [-0.39, 0.29) is 11.8 Å². The van der Waals surface area contributed by atoms with Crippen LogP contribution in [-0.2, 0) is 22.6 Å². The van der Waals surface area contributed by atoms with Crippen LogP contribution in [-0.4, -0.2) is 55.0 Å². The normalized spacial score (nSPS) is 19.9. The van der Waals surface area contributed by atoms with E-state index in [9.17, 15) is 9.59 Å². The lowest BCUT2D eigenvalue weighted by atomic mass is 9.96. The van der Waals surface area contributed by atoms with Gasteiger partial charge in [-0.3, -0.25) is 9.59 Å². The molecule has 6 nitrogen and oxygen atoms in total. The Labute approximate surface area is 242 Å². The number of nitrogens with one attached hydrogen (secondary N) is 3. The van der Waals surface area contributed by atoms with Crippen molar-refractivity contribution in [2.45, 2.75) is 37.9 Å². The first-order valence-corrected chi connectivity index (χ1v) is 14.8. The first kappa shape index (κ1) is 27.2. The fourth-order valence-corrected chi connectivity index (χ4v) is 6.10. The highest BCUT2D eigenvalue weighted by molar-refractivity contribution is 5.97. The predicted molar refractivity (Wildman–Crippen MR) is 164 cm³/mol. The molecule has 0 saturated carbocycles. The van der Waals surface area contributed by atoms with Crippen LogP contribution in [0.25, 0.3) is 21.9 Å². The van der Waals surface area contributed by atoms with Crippen LogP contribution in [0.4, 0.5) is 0 Å². The number of hydrogen-bond donors (Lipinski definition) is 3. The lowest BCUT2D eigenvalue weighted by Gasteiger charge is -2.39. The van der Waals surface area contributed by atoms with Gasteiger partial charge in [0.1, 0.15) is 12.1 Å². The zero-order chi connectivity index (χ0) is 28.0. The summed E-state index contributed by atoms with van der Waals surface area (Å²) in [5.74, 6) is 0.478. The molecule has 0 unspecified atom stereocenters. The summed E-state index contributed by atoms with van der Waals surface area (Å²) in [6.07, 6.45) is 2.73. The molecule has 2 atom stereocenters. The predicted octanol–water partition coefficient (Wildman–Crippen LogP) is 4.53. The van der Waals surface area contributed by atoms with Gasteiger partial charge in [-0.1, -0.05) is 97.1 Å². The third kappa shape index (κ3) is 6.50. The molecule has 2 aliphatic rings. The van der Waals surface area contributed by atoms with Crippen LogP contribution >= 0.6 is 0 Å². The Kier molecular flexibility index (Phi) is 8.40. The summed E-state index contributed by atoms with van der Waals surface area (Å²) in [6.45, 7) is 3.79. The quantitative estimate of drug-likeness (QED) is 0.288. The van der Waals surface area contributed by atoms with Gasteiger partial charge in [0, 0.05) is 19.5 Å². The lowest BCUT2D eigenvalue weighted by molar-refractivity contribution is -0.149. The number of carbonyl (C=O) groups is 2. The van der Waals surface area contributed by atoms with Crippen LogP contribution in [0.15, 0.2) is 97.1 Å². The van der Waals surface area contributed by atoms with E-state index in [2.05, 4.69) is 82.7 Å². The van der Waals surface area contributed by atoms with E-state index in [0.29, 0.717) is 25.4 Å². The fourth-order valence-electron chi connectivity index (χ4n) is 6.10. The molecular formula is C35H38N4O2. The first-order chi connectivity index (χ1) is 20.1. The molecule has 0 aliphatic carbocycles. The molecule has 0 aromatic heterocycles. The van der Waals surface area contributed by atoms with Crippen molar-refractivity contribution >= 4 is 22.6 Å². The van der Waals surface area contributed by atoms with Gasteiger partial charge in [0.05, 0.1) is 0 Å². The minimum Gasteiger partial charge on any atom is -0.342 e. The standard InChI is InChI=1S/C35H38N4O2/c40-34-33(23-37-22-25-16-18-36-19-17-25)39(24-26-10-13-30(14-11-26)28-6-2-1-3-7-28)35(41)32(38-34)21-27-12-15-29-8-4-5-9-31(29)20-27/h1-15,20,25,32-33,36-37H,16-19,21-24H2,(H,38,40)/t32-,33-/m0/s1. The van der Waals surface area contributed by atoms with Crippen molar-refractivity contribution < 1.29 is 9.59 Å². The van der Waals surface area contributed by atoms with Gasteiger partial charge >= 0.3 is 0 Å². The molecule has 6 rings (SSSR count). The van der Waals surface area contributed by atoms with Crippen LogP contribution < -0.4 is 16.0 Å². The molecule has 2 amide bonds. The maximum atomic E-state index is 14.0. The molecule has 4 aromatic carbocycles. The summed E-state index contributed by atoms with van der Waals surface area (Å²) >= 11 is 0. The average molecular weight is 547 g/mol. The highest BCUT2D eigenvalue weighted by Gasteiger charge is 2.40. The fraction of sp³-hybridized carbons (Fsp3) is 0.314. The van der Waals surface area contributed by atoms with Gasteiger partial charge in [0.15, 0.2) is 0 Å². The van der Waals surface area contributed by atoms with Crippen LogP contribution in [0, 0.1) is 5.92 Å². The van der Waals surface area contributed by atoms with Crippen molar-refractivity contribution in [3.05, 3.63) is 108 Å². The van der Waals surface area contributed by atoms with Crippen LogP contribution in [0.3, 0.4) is 0 Å². The molecule has 2 aliphatic heterocycles. The van der Waals surface area contributed by atoms with Crippen molar-refractivity contribution in [1.82, 2.24) is 20.9 Å². The van der Waals surface area contributed by atoms with Gasteiger partial charge in [-0.15, -0.1) is 0 Å². The second kappa shape index (κ2) is 12.7. The molecule has 0 bridgehead atoms. The van der Waals surface area contributed by atoms with Crippen molar-refractivity contribution in [1.29, 1.82) is 0 Å². The van der Waals surface area contributed by atoms with Crippen molar-refractivity contribution in [2.24, 2.45) is 5.92 Å². The summed E-state index contributed by atoms with van der Waals surface area (Å²) in [6, 6.07) is 31.9. The summed E-state index contributed by atoms with van der Waals surface area (Å²) in [5, 5.41) is 12.3. The third-order valence-electron chi connectivity index (χ3n) is 8.47. The van der Waals surface area contributed by atoms with Gasteiger partial charge in [-0.05, 0) is 71.4 Å². The van der Waals surface area contributed by atoms with E-state index in [1.165, 1.54) is 0 Å². The van der Waals surface area contributed by atoms with E-state index in [1.54, 1.807) is 4.90 Å². The topological polar surface area (TPSA) is 73.5 Å².